The summed E-state index contributed by atoms with van der Waals surface area (Å²) in [7, 11) is 2.11. The molecule has 1 aliphatic rings. The van der Waals surface area contributed by atoms with E-state index < -0.39 is 6.10 Å². The molecule has 1 N–H and O–H groups in total. The van der Waals surface area contributed by atoms with Crippen LogP contribution in [0.3, 0.4) is 0 Å². The summed E-state index contributed by atoms with van der Waals surface area (Å²) in [6, 6.07) is 5.27. The van der Waals surface area contributed by atoms with Gasteiger partial charge in [0.15, 0.2) is 0 Å². The van der Waals surface area contributed by atoms with E-state index in [0.29, 0.717) is 11.3 Å². The van der Waals surface area contributed by atoms with E-state index in [9.17, 15) is 9.50 Å². The molecule has 112 valence electrons. The summed E-state index contributed by atoms with van der Waals surface area (Å²) >= 11 is 0. The van der Waals surface area contributed by atoms with Crippen LogP contribution in [0.5, 0.6) is 0 Å². The molecule has 1 aromatic carbocycles. The van der Waals surface area contributed by atoms with Crippen LogP contribution in [0.4, 0.5) is 10.1 Å². The van der Waals surface area contributed by atoms with Crippen molar-refractivity contribution in [1.82, 2.24) is 4.90 Å². The van der Waals surface area contributed by atoms with E-state index in [1.54, 1.807) is 13.0 Å². The summed E-state index contributed by atoms with van der Waals surface area (Å²) in [5, 5.41) is 9.94. The van der Waals surface area contributed by atoms with Crippen LogP contribution >= 0.6 is 0 Å². The smallest absolute Gasteiger partial charge is 0.146 e. The minimum absolute atomic E-state index is 0.230. The normalized spacial score (nSPS) is 22.6. The van der Waals surface area contributed by atoms with Crippen LogP contribution < -0.4 is 4.90 Å². The van der Waals surface area contributed by atoms with Crippen molar-refractivity contribution in [1.29, 1.82) is 0 Å². The zero-order chi connectivity index (χ0) is 14.7. The van der Waals surface area contributed by atoms with Gasteiger partial charge in [-0.15, -0.1) is 0 Å². The Morgan fingerprint density at radius 3 is 2.80 bits per heavy atom. The third-order valence-electron chi connectivity index (χ3n) is 4.13. The molecule has 3 nitrogen and oxygen atoms in total. The fourth-order valence-corrected chi connectivity index (χ4v) is 3.06. The fourth-order valence-electron chi connectivity index (χ4n) is 3.06. The van der Waals surface area contributed by atoms with Gasteiger partial charge in [0.25, 0.3) is 0 Å². The summed E-state index contributed by atoms with van der Waals surface area (Å²) < 4.78 is 14.4. The van der Waals surface area contributed by atoms with Gasteiger partial charge in [0, 0.05) is 24.7 Å². The van der Waals surface area contributed by atoms with Crippen molar-refractivity contribution in [3.05, 3.63) is 29.6 Å². The lowest BCUT2D eigenvalue weighted by atomic mass is 10.0. The van der Waals surface area contributed by atoms with E-state index in [1.165, 1.54) is 6.07 Å². The molecule has 20 heavy (non-hydrogen) atoms. The molecule has 0 spiro atoms. The first kappa shape index (κ1) is 15.3. The van der Waals surface area contributed by atoms with E-state index in [0.717, 1.165) is 32.5 Å². The Bertz CT molecular complexity index is 450. The number of hydrogen-bond donors (Lipinski definition) is 1. The second kappa shape index (κ2) is 6.55. The SMILES string of the molecule is CCC1CN(C)CCCN1c1c(F)cccc1[C@@H](C)O. The predicted octanol–water partition coefficient (Wildman–Crippen LogP) is 2.80. The Morgan fingerprint density at radius 1 is 1.40 bits per heavy atom. The molecule has 1 aromatic rings. The first-order valence-corrected chi connectivity index (χ1v) is 7.46. The molecule has 0 bridgehead atoms. The highest BCUT2D eigenvalue weighted by atomic mass is 19.1. The fraction of sp³-hybridized carbons (Fsp3) is 0.625. The van der Waals surface area contributed by atoms with Gasteiger partial charge in [0.1, 0.15) is 5.82 Å². The average Bonchev–Trinajstić information content (AvgIpc) is 2.59. The molecular formula is C16H25FN2O. The number of aliphatic hydroxyl groups is 1. The van der Waals surface area contributed by atoms with E-state index in [2.05, 4.69) is 23.8 Å². The van der Waals surface area contributed by atoms with Gasteiger partial charge in [-0.1, -0.05) is 19.1 Å². The first-order valence-electron chi connectivity index (χ1n) is 7.46. The molecule has 2 rings (SSSR count). The zero-order valence-corrected chi connectivity index (χ0v) is 12.6. The Kier molecular flexibility index (Phi) is 5.00. The highest BCUT2D eigenvalue weighted by Gasteiger charge is 2.27. The van der Waals surface area contributed by atoms with Crippen molar-refractivity contribution in [3.63, 3.8) is 0 Å². The van der Waals surface area contributed by atoms with Crippen molar-refractivity contribution >= 4 is 5.69 Å². The lowest BCUT2D eigenvalue weighted by molar-refractivity contribution is 0.199. The Morgan fingerprint density at radius 2 is 2.15 bits per heavy atom. The molecule has 4 heteroatoms. The topological polar surface area (TPSA) is 26.7 Å². The van der Waals surface area contributed by atoms with Crippen LogP contribution in [-0.2, 0) is 0 Å². The predicted molar refractivity (Wildman–Crippen MR) is 80.6 cm³/mol. The molecule has 1 heterocycles. The van der Waals surface area contributed by atoms with Crippen molar-refractivity contribution in [3.8, 4) is 0 Å². The number of hydrogen-bond acceptors (Lipinski definition) is 3. The standard InChI is InChI=1S/C16H25FN2O/c1-4-13-11-18(3)9-6-10-19(13)16-14(12(2)20)7-5-8-15(16)17/h5,7-8,12-13,20H,4,6,9-11H2,1-3H3/t12-,13?/m1/s1. The summed E-state index contributed by atoms with van der Waals surface area (Å²) in [5.41, 5.74) is 1.28. The molecule has 0 radical (unpaired) electrons. The van der Waals surface area contributed by atoms with E-state index >= 15 is 0 Å². The summed E-state index contributed by atoms with van der Waals surface area (Å²) in [5.74, 6) is -0.230. The van der Waals surface area contributed by atoms with Gasteiger partial charge in [-0.2, -0.15) is 0 Å². The molecule has 1 fully saturated rings. The summed E-state index contributed by atoms with van der Waals surface area (Å²) in [6.07, 6.45) is 1.33. The second-order valence-corrected chi connectivity index (χ2v) is 5.72. The van der Waals surface area contributed by atoms with E-state index in [4.69, 9.17) is 0 Å². The van der Waals surface area contributed by atoms with Gasteiger partial charge < -0.3 is 14.9 Å². The van der Waals surface area contributed by atoms with Crippen LogP contribution in [0.25, 0.3) is 0 Å². The van der Waals surface area contributed by atoms with Gasteiger partial charge in [-0.05, 0) is 39.4 Å². The quantitative estimate of drug-likeness (QED) is 0.922. The minimum atomic E-state index is -0.654. The second-order valence-electron chi connectivity index (χ2n) is 5.72. The molecule has 0 aliphatic carbocycles. The van der Waals surface area contributed by atoms with Gasteiger partial charge in [-0.3, -0.25) is 0 Å². The van der Waals surface area contributed by atoms with E-state index in [-0.39, 0.29) is 11.9 Å². The molecule has 0 saturated carbocycles. The number of para-hydroxylation sites is 1. The zero-order valence-electron chi connectivity index (χ0n) is 12.6. The average molecular weight is 280 g/mol. The number of benzene rings is 1. The first-order chi connectivity index (χ1) is 9.54. The Labute approximate surface area is 121 Å². The van der Waals surface area contributed by atoms with Crippen molar-refractivity contribution in [2.45, 2.75) is 38.8 Å². The summed E-state index contributed by atoms with van der Waals surface area (Å²) in [4.78, 5) is 4.46. The van der Waals surface area contributed by atoms with Gasteiger partial charge >= 0.3 is 0 Å². The van der Waals surface area contributed by atoms with Crippen molar-refractivity contribution < 1.29 is 9.50 Å². The Balaban J connectivity index is 2.42. The lowest BCUT2D eigenvalue weighted by Gasteiger charge is -2.34. The highest BCUT2D eigenvalue weighted by molar-refractivity contribution is 5.56. The number of halogens is 1. The third kappa shape index (κ3) is 3.13. The Hall–Kier alpha value is -1.13. The maximum Gasteiger partial charge on any atom is 0.146 e. The molecule has 1 unspecified atom stereocenters. The number of likely N-dealkylation sites (N-methyl/N-ethyl adjacent to an activating group) is 1. The number of aliphatic hydroxyl groups excluding tert-OH is 1. The molecule has 2 atom stereocenters. The van der Waals surface area contributed by atoms with Crippen LogP contribution in [-0.4, -0.2) is 42.7 Å². The van der Waals surface area contributed by atoms with E-state index in [1.807, 2.05) is 6.07 Å². The van der Waals surface area contributed by atoms with Crippen LogP contribution in [0.15, 0.2) is 18.2 Å². The molecule has 1 saturated heterocycles. The maximum atomic E-state index is 14.4. The number of nitrogens with zero attached hydrogens (tertiary/aromatic N) is 2. The number of rotatable bonds is 3. The lowest BCUT2D eigenvalue weighted by Crippen LogP contribution is -2.40. The molecule has 1 aliphatic heterocycles. The largest absolute Gasteiger partial charge is 0.389 e. The number of anilines is 1. The minimum Gasteiger partial charge on any atom is -0.389 e. The molecule has 0 aromatic heterocycles. The van der Waals surface area contributed by atoms with Crippen molar-refractivity contribution in [2.24, 2.45) is 0 Å². The van der Waals surface area contributed by atoms with Crippen LogP contribution in [0.1, 0.15) is 38.4 Å². The van der Waals surface area contributed by atoms with Gasteiger partial charge in [-0.25, -0.2) is 4.39 Å². The third-order valence-corrected chi connectivity index (χ3v) is 4.13. The molecule has 0 amide bonds. The van der Waals surface area contributed by atoms with Crippen molar-refractivity contribution in [2.75, 3.05) is 31.6 Å². The van der Waals surface area contributed by atoms with Gasteiger partial charge in [0.2, 0.25) is 0 Å². The monoisotopic (exact) mass is 280 g/mol. The van der Waals surface area contributed by atoms with Gasteiger partial charge in [0.05, 0.1) is 11.8 Å². The summed E-state index contributed by atoms with van der Waals surface area (Å²) in [6.45, 7) is 6.64. The molecular weight excluding hydrogens is 255 g/mol. The maximum absolute atomic E-state index is 14.4. The van der Waals surface area contributed by atoms with Crippen LogP contribution in [0, 0.1) is 5.82 Å². The van der Waals surface area contributed by atoms with Crippen LogP contribution in [0.2, 0.25) is 0 Å². The highest BCUT2D eigenvalue weighted by Crippen LogP contribution is 2.32.